The van der Waals surface area contributed by atoms with E-state index in [1.54, 1.807) is 12.1 Å². The normalized spacial score (nSPS) is 21.3. The molecule has 1 aromatic carbocycles. The first-order valence-corrected chi connectivity index (χ1v) is 10.1. The maximum absolute atomic E-state index is 12.2. The highest BCUT2D eigenvalue weighted by Gasteiger charge is 2.35. The Morgan fingerprint density at radius 3 is 2.59 bits per heavy atom. The van der Waals surface area contributed by atoms with E-state index in [0.29, 0.717) is 12.3 Å². The second-order valence-corrected chi connectivity index (χ2v) is 7.74. The largest absolute Gasteiger partial charge is 0.459 e. The second kappa shape index (κ2) is 10.1. The standard InChI is InChI=1S/C22H28N4O2.HI/c1-23-22(26-14-17-7-2-3-8-18(17)15-26)24-13-16-6-4-9-19(12-16)25-21(27)20-10-5-11-28-20;/h4-6,9-12,17-18H,2-3,7-8,13-15H2,1H3,(H,23,24)(H,25,27);1H. The van der Waals surface area contributed by atoms with E-state index in [4.69, 9.17) is 4.42 Å². The van der Waals surface area contributed by atoms with Gasteiger partial charge in [0, 0.05) is 32.4 Å². The molecule has 2 aromatic rings. The Morgan fingerprint density at radius 1 is 1.17 bits per heavy atom. The van der Waals surface area contributed by atoms with E-state index in [2.05, 4.69) is 20.5 Å². The number of fused-ring (bicyclic) bond motifs is 1. The van der Waals surface area contributed by atoms with Crippen molar-refractivity contribution in [2.75, 3.05) is 25.5 Å². The van der Waals surface area contributed by atoms with E-state index in [1.807, 2.05) is 31.3 Å². The third-order valence-corrected chi connectivity index (χ3v) is 5.87. The quantitative estimate of drug-likeness (QED) is 0.366. The van der Waals surface area contributed by atoms with Crippen LogP contribution < -0.4 is 10.6 Å². The Bertz CT molecular complexity index is 823. The maximum atomic E-state index is 12.2. The predicted molar refractivity (Wildman–Crippen MR) is 126 cm³/mol. The molecule has 1 aliphatic carbocycles. The average Bonchev–Trinajstić information content (AvgIpc) is 3.39. The van der Waals surface area contributed by atoms with E-state index in [-0.39, 0.29) is 29.9 Å². The number of anilines is 1. The molecule has 0 bridgehead atoms. The molecule has 29 heavy (non-hydrogen) atoms. The molecule has 1 amide bonds. The minimum absolute atomic E-state index is 0. The molecule has 2 heterocycles. The van der Waals surface area contributed by atoms with Crippen molar-refractivity contribution in [3.63, 3.8) is 0 Å². The van der Waals surface area contributed by atoms with Crippen LogP contribution in [-0.4, -0.2) is 36.9 Å². The van der Waals surface area contributed by atoms with Gasteiger partial charge >= 0.3 is 0 Å². The molecule has 0 radical (unpaired) electrons. The van der Waals surface area contributed by atoms with Gasteiger partial charge in [0.1, 0.15) is 0 Å². The molecule has 4 rings (SSSR count). The summed E-state index contributed by atoms with van der Waals surface area (Å²) in [5.41, 5.74) is 1.85. The fraction of sp³-hybridized carbons (Fsp3) is 0.455. The minimum Gasteiger partial charge on any atom is -0.459 e. The smallest absolute Gasteiger partial charge is 0.291 e. The van der Waals surface area contributed by atoms with Gasteiger partial charge in [0.05, 0.1) is 6.26 Å². The lowest BCUT2D eigenvalue weighted by atomic mass is 9.82. The summed E-state index contributed by atoms with van der Waals surface area (Å²) in [4.78, 5) is 19.1. The van der Waals surface area contributed by atoms with Gasteiger partial charge in [-0.15, -0.1) is 24.0 Å². The summed E-state index contributed by atoms with van der Waals surface area (Å²) in [7, 11) is 1.85. The molecule has 2 atom stereocenters. The van der Waals surface area contributed by atoms with Crippen molar-refractivity contribution < 1.29 is 9.21 Å². The second-order valence-electron chi connectivity index (χ2n) is 7.74. The highest BCUT2D eigenvalue weighted by atomic mass is 127. The SMILES string of the molecule is CN=C(NCc1cccc(NC(=O)c2ccco2)c1)N1CC2CCCCC2C1.I. The van der Waals surface area contributed by atoms with Gasteiger partial charge in [-0.1, -0.05) is 25.0 Å². The summed E-state index contributed by atoms with van der Waals surface area (Å²) in [6, 6.07) is 11.2. The van der Waals surface area contributed by atoms with Crippen molar-refractivity contribution in [3.8, 4) is 0 Å². The first-order chi connectivity index (χ1) is 13.7. The number of benzene rings is 1. The number of guanidine groups is 1. The Balaban J connectivity index is 0.00000240. The van der Waals surface area contributed by atoms with Gasteiger partial charge in [0.2, 0.25) is 0 Å². The van der Waals surface area contributed by atoms with Crippen LogP contribution in [0.2, 0.25) is 0 Å². The molecule has 1 aromatic heterocycles. The Labute approximate surface area is 189 Å². The van der Waals surface area contributed by atoms with Crippen LogP contribution in [-0.2, 0) is 6.54 Å². The van der Waals surface area contributed by atoms with Crippen LogP contribution in [0.25, 0.3) is 0 Å². The van der Waals surface area contributed by atoms with Gasteiger partial charge in [0.15, 0.2) is 11.7 Å². The third kappa shape index (κ3) is 5.32. The molecule has 1 aliphatic heterocycles. The van der Waals surface area contributed by atoms with E-state index in [9.17, 15) is 4.79 Å². The van der Waals surface area contributed by atoms with Crippen molar-refractivity contribution >= 4 is 41.5 Å². The minimum atomic E-state index is -0.245. The molecule has 2 fully saturated rings. The fourth-order valence-electron chi connectivity index (χ4n) is 4.45. The van der Waals surface area contributed by atoms with E-state index in [0.717, 1.165) is 42.1 Å². The summed E-state index contributed by atoms with van der Waals surface area (Å²) in [6.07, 6.45) is 6.95. The van der Waals surface area contributed by atoms with Gasteiger partial charge in [-0.05, 0) is 54.5 Å². The van der Waals surface area contributed by atoms with Crippen LogP contribution in [0.4, 0.5) is 5.69 Å². The van der Waals surface area contributed by atoms with Gasteiger partial charge in [0.25, 0.3) is 5.91 Å². The van der Waals surface area contributed by atoms with Crippen molar-refractivity contribution in [2.45, 2.75) is 32.2 Å². The number of carbonyl (C=O) groups excluding carboxylic acids is 1. The molecule has 2 unspecified atom stereocenters. The number of nitrogens with zero attached hydrogens (tertiary/aromatic N) is 2. The predicted octanol–water partition coefficient (Wildman–Crippen LogP) is 4.35. The maximum Gasteiger partial charge on any atom is 0.291 e. The van der Waals surface area contributed by atoms with E-state index >= 15 is 0 Å². The lowest BCUT2D eigenvalue weighted by Gasteiger charge is -2.22. The van der Waals surface area contributed by atoms with Crippen LogP contribution in [0.15, 0.2) is 52.1 Å². The summed E-state index contributed by atoms with van der Waals surface area (Å²) in [5.74, 6) is 2.68. The summed E-state index contributed by atoms with van der Waals surface area (Å²) in [5, 5.41) is 6.36. The van der Waals surface area contributed by atoms with E-state index in [1.165, 1.54) is 31.9 Å². The lowest BCUT2D eigenvalue weighted by Crippen LogP contribution is -2.39. The number of furan rings is 1. The van der Waals surface area contributed by atoms with Crippen LogP contribution in [0.3, 0.4) is 0 Å². The average molecular weight is 508 g/mol. The topological polar surface area (TPSA) is 69.9 Å². The lowest BCUT2D eigenvalue weighted by molar-refractivity contribution is 0.0996. The summed E-state index contributed by atoms with van der Waals surface area (Å²) >= 11 is 0. The van der Waals surface area contributed by atoms with Gasteiger partial charge < -0.3 is 20.0 Å². The first kappa shape index (κ1) is 21.7. The zero-order valence-electron chi connectivity index (χ0n) is 16.8. The molecular formula is C22H29IN4O2. The number of amides is 1. The highest BCUT2D eigenvalue weighted by Crippen LogP contribution is 2.35. The molecule has 6 nitrogen and oxygen atoms in total. The number of aliphatic imine (C=N–C) groups is 1. The van der Waals surface area contributed by atoms with Gasteiger partial charge in [-0.2, -0.15) is 0 Å². The zero-order chi connectivity index (χ0) is 19.3. The number of halogens is 1. The van der Waals surface area contributed by atoms with E-state index < -0.39 is 0 Å². The van der Waals surface area contributed by atoms with Crippen LogP contribution in [0.5, 0.6) is 0 Å². The first-order valence-electron chi connectivity index (χ1n) is 10.1. The van der Waals surface area contributed by atoms with Crippen molar-refractivity contribution in [3.05, 3.63) is 54.0 Å². The molecular weight excluding hydrogens is 479 g/mol. The van der Waals surface area contributed by atoms with Crippen molar-refractivity contribution in [1.82, 2.24) is 10.2 Å². The number of hydrogen-bond acceptors (Lipinski definition) is 3. The fourth-order valence-corrected chi connectivity index (χ4v) is 4.45. The van der Waals surface area contributed by atoms with Crippen LogP contribution in [0, 0.1) is 11.8 Å². The number of hydrogen-bond donors (Lipinski definition) is 2. The Kier molecular flexibility index (Phi) is 7.57. The molecule has 7 heteroatoms. The zero-order valence-corrected chi connectivity index (χ0v) is 19.1. The highest BCUT2D eigenvalue weighted by molar-refractivity contribution is 14.0. The molecule has 1 saturated heterocycles. The Morgan fingerprint density at radius 2 is 1.93 bits per heavy atom. The van der Waals surface area contributed by atoms with Gasteiger partial charge in [-0.3, -0.25) is 9.79 Å². The molecule has 0 spiro atoms. The molecule has 1 saturated carbocycles. The monoisotopic (exact) mass is 508 g/mol. The van der Waals surface area contributed by atoms with Gasteiger partial charge in [-0.25, -0.2) is 0 Å². The molecule has 2 N–H and O–H groups in total. The number of carbonyl (C=O) groups is 1. The third-order valence-electron chi connectivity index (χ3n) is 5.87. The van der Waals surface area contributed by atoms with Crippen LogP contribution >= 0.6 is 24.0 Å². The summed E-state index contributed by atoms with van der Waals surface area (Å²) in [6.45, 7) is 2.90. The summed E-state index contributed by atoms with van der Waals surface area (Å²) < 4.78 is 5.14. The van der Waals surface area contributed by atoms with Crippen LogP contribution in [0.1, 0.15) is 41.8 Å². The molecule has 2 aliphatic rings. The molecule has 156 valence electrons. The number of rotatable bonds is 4. The number of likely N-dealkylation sites (tertiary alicyclic amines) is 1. The number of nitrogens with one attached hydrogen (secondary N) is 2. The van der Waals surface area contributed by atoms with Crippen molar-refractivity contribution in [2.24, 2.45) is 16.8 Å². The Hall–Kier alpha value is -2.03. The van der Waals surface area contributed by atoms with Crippen molar-refractivity contribution in [1.29, 1.82) is 0 Å².